The van der Waals surface area contributed by atoms with Crippen LogP contribution >= 0.6 is 0 Å². The first-order valence-corrected chi connectivity index (χ1v) is 13.2. The summed E-state index contributed by atoms with van der Waals surface area (Å²) >= 11 is 0. The number of nitrogens with zero attached hydrogens (tertiary/aromatic N) is 4. The number of nitrogens with one attached hydrogen (secondary N) is 3. The molecule has 15 heteroatoms. The highest BCUT2D eigenvalue weighted by atomic mass is 32.2. The molecule has 1 unspecified atom stereocenters. The number of sulfonamides is 1. The van der Waals surface area contributed by atoms with Gasteiger partial charge in [-0.05, 0) is 46.3 Å². The molecule has 0 radical (unpaired) electrons. The summed E-state index contributed by atoms with van der Waals surface area (Å²) in [6.07, 6.45) is 2.79. The summed E-state index contributed by atoms with van der Waals surface area (Å²) in [7, 11) is -4.06. The molecule has 5 rings (SSSR count). The number of rotatable bonds is 8. The van der Waals surface area contributed by atoms with Crippen LogP contribution in [0.2, 0.25) is 0 Å². The van der Waals surface area contributed by atoms with Gasteiger partial charge in [-0.15, -0.1) is 5.10 Å². The summed E-state index contributed by atoms with van der Waals surface area (Å²) in [6, 6.07) is 16.5. The number of hydroxylamine groups is 1. The maximum absolute atomic E-state index is 15.2. The average molecular weight is 564 g/mol. The first-order chi connectivity index (χ1) is 19.1. The fourth-order valence-electron chi connectivity index (χ4n) is 4.15. The van der Waals surface area contributed by atoms with E-state index in [4.69, 9.17) is 21.1 Å². The maximum Gasteiger partial charge on any atom is 0.265 e. The summed E-state index contributed by atoms with van der Waals surface area (Å²) in [5.74, 6) is -1.70. The Morgan fingerprint density at radius 3 is 2.62 bits per heavy atom. The number of primary sulfonamides is 1. The van der Waals surface area contributed by atoms with Crippen LogP contribution in [0.15, 0.2) is 84.0 Å². The number of hydrogen-bond donors (Lipinski definition) is 5. The van der Waals surface area contributed by atoms with Crippen LogP contribution in [-0.2, 0) is 26.2 Å². The molecule has 1 aromatic heterocycles. The molecule has 0 bridgehead atoms. The predicted molar refractivity (Wildman–Crippen MR) is 142 cm³/mol. The van der Waals surface area contributed by atoms with E-state index < -0.39 is 27.3 Å². The number of benzene rings is 3. The SMILES string of the molecule is N=C(N)c1cccc(C2=CC(Cn3cnnn3)(C(=O)Nc3ccc(-c4ccccc4S(N)(=O)=O)cc3F)ON2)c1. The Bertz CT molecular complexity index is 1760. The van der Waals surface area contributed by atoms with Crippen LogP contribution in [0.1, 0.15) is 11.1 Å². The second-order valence-electron chi connectivity index (χ2n) is 8.84. The number of amidine groups is 1. The molecule has 40 heavy (non-hydrogen) atoms. The molecule has 13 nitrogen and oxygen atoms in total. The van der Waals surface area contributed by atoms with Crippen molar-refractivity contribution in [2.75, 3.05) is 5.32 Å². The molecule has 0 saturated carbocycles. The normalized spacial score (nSPS) is 16.7. The lowest BCUT2D eigenvalue weighted by Gasteiger charge is -2.24. The number of aromatic nitrogens is 4. The molecule has 204 valence electrons. The van der Waals surface area contributed by atoms with Crippen LogP contribution in [0.25, 0.3) is 16.8 Å². The minimum Gasteiger partial charge on any atom is -0.384 e. The molecule has 0 fully saturated rings. The molecule has 2 heterocycles. The first-order valence-electron chi connectivity index (χ1n) is 11.6. The molecule has 1 aliphatic heterocycles. The van der Waals surface area contributed by atoms with Crippen molar-refractivity contribution in [3.8, 4) is 11.1 Å². The van der Waals surface area contributed by atoms with Gasteiger partial charge in [0, 0.05) is 16.7 Å². The molecule has 1 amide bonds. The zero-order chi connectivity index (χ0) is 28.5. The Morgan fingerprint density at radius 2 is 1.93 bits per heavy atom. The van der Waals surface area contributed by atoms with E-state index >= 15 is 4.39 Å². The Kier molecular flexibility index (Phi) is 6.85. The highest BCUT2D eigenvalue weighted by molar-refractivity contribution is 7.89. The number of carbonyl (C=O) groups excluding carboxylic acids is 1. The Balaban J connectivity index is 1.47. The standard InChI is InChI=1S/C25H22FN9O4S/c26-19-11-15(18-6-1-2-7-22(18)40(29,37)38)8-9-20(19)31-24(36)25(13-35-14-30-33-34-35)12-21(32-39-25)16-4-3-5-17(10-16)23(27)28/h1-12,14,32H,13H2,(H3,27,28)(H,31,36)(H2,29,37,38). The van der Waals surface area contributed by atoms with Crippen LogP contribution in [0.3, 0.4) is 0 Å². The predicted octanol–water partition coefficient (Wildman–Crippen LogP) is 1.36. The highest BCUT2D eigenvalue weighted by Gasteiger charge is 2.44. The van der Waals surface area contributed by atoms with Crippen molar-refractivity contribution in [2.45, 2.75) is 17.0 Å². The molecule has 1 atom stereocenters. The van der Waals surface area contributed by atoms with E-state index in [1.165, 1.54) is 47.4 Å². The van der Waals surface area contributed by atoms with E-state index in [1.807, 2.05) is 0 Å². The smallest absolute Gasteiger partial charge is 0.265 e. The highest BCUT2D eigenvalue weighted by Crippen LogP contribution is 2.32. The van der Waals surface area contributed by atoms with Crippen molar-refractivity contribution in [1.29, 1.82) is 5.41 Å². The van der Waals surface area contributed by atoms with Crippen molar-refractivity contribution in [3.63, 3.8) is 0 Å². The number of carbonyl (C=O) groups is 1. The van der Waals surface area contributed by atoms with Crippen LogP contribution in [-0.4, -0.2) is 46.0 Å². The average Bonchev–Trinajstić information content (AvgIpc) is 3.60. The van der Waals surface area contributed by atoms with Gasteiger partial charge in [0.25, 0.3) is 5.91 Å². The number of nitrogen functional groups attached to an aromatic ring is 1. The Hall–Kier alpha value is -4.99. The molecule has 0 saturated heterocycles. The van der Waals surface area contributed by atoms with E-state index in [2.05, 4.69) is 26.3 Å². The zero-order valence-corrected chi connectivity index (χ0v) is 21.4. The number of anilines is 1. The molecule has 0 spiro atoms. The molecule has 7 N–H and O–H groups in total. The van der Waals surface area contributed by atoms with Crippen molar-refractivity contribution < 1.29 is 22.4 Å². The Labute approximate surface area is 227 Å². The summed E-state index contributed by atoms with van der Waals surface area (Å²) in [5.41, 5.74) is 8.33. The van der Waals surface area contributed by atoms with Gasteiger partial charge < -0.3 is 11.1 Å². The molecule has 1 aliphatic rings. The summed E-state index contributed by atoms with van der Waals surface area (Å²) in [4.78, 5) is 19.2. The van der Waals surface area contributed by atoms with Gasteiger partial charge in [-0.1, -0.05) is 42.5 Å². The third-order valence-electron chi connectivity index (χ3n) is 6.10. The fourth-order valence-corrected chi connectivity index (χ4v) is 4.92. The van der Waals surface area contributed by atoms with Gasteiger partial charge in [-0.25, -0.2) is 22.6 Å². The number of hydrogen-bond acceptors (Lipinski definition) is 9. The van der Waals surface area contributed by atoms with Crippen molar-refractivity contribution >= 4 is 33.2 Å². The van der Waals surface area contributed by atoms with Crippen molar-refractivity contribution in [1.82, 2.24) is 25.7 Å². The molecule has 0 aliphatic carbocycles. The first kappa shape index (κ1) is 26.6. The van der Waals surface area contributed by atoms with Crippen LogP contribution in [0.5, 0.6) is 0 Å². The second kappa shape index (κ2) is 10.3. The van der Waals surface area contributed by atoms with E-state index in [1.54, 1.807) is 30.3 Å². The van der Waals surface area contributed by atoms with Gasteiger partial charge >= 0.3 is 0 Å². The fraction of sp³-hybridized carbons (Fsp3) is 0.0800. The minimum absolute atomic E-state index is 0.135. The number of tetrazole rings is 1. The molecule has 4 aromatic rings. The van der Waals surface area contributed by atoms with Crippen molar-refractivity contribution in [3.05, 3.63) is 96.1 Å². The van der Waals surface area contributed by atoms with E-state index in [0.717, 1.165) is 6.07 Å². The second-order valence-corrected chi connectivity index (χ2v) is 10.4. The van der Waals surface area contributed by atoms with Crippen LogP contribution in [0.4, 0.5) is 10.1 Å². The summed E-state index contributed by atoms with van der Waals surface area (Å²) < 4.78 is 40.5. The van der Waals surface area contributed by atoms with E-state index in [0.29, 0.717) is 16.8 Å². The van der Waals surface area contributed by atoms with E-state index in [9.17, 15) is 13.2 Å². The topological polar surface area (TPSA) is 204 Å². The lowest BCUT2D eigenvalue weighted by Crippen LogP contribution is -2.47. The number of nitrogens with two attached hydrogens (primary N) is 2. The monoisotopic (exact) mass is 563 g/mol. The number of halogens is 1. The quantitative estimate of drug-likeness (QED) is 0.155. The van der Waals surface area contributed by atoms with Crippen molar-refractivity contribution in [2.24, 2.45) is 10.9 Å². The lowest BCUT2D eigenvalue weighted by atomic mass is 9.98. The maximum atomic E-state index is 15.2. The van der Waals surface area contributed by atoms with Crippen LogP contribution in [0, 0.1) is 11.2 Å². The summed E-state index contributed by atoms with van der Waals surface area (Å²) in [5, 5.41) is 26.5. The van der Waals surface area contributed by atoms with Gasteiger partial charge in [0.05, 0.1) is 22.8 Å². The summed E-state index contributed by atoms with van der Waals surface area (Å²) in [6.45, 7) is -0.170. The zero-order valence-electron chi connectivity index (χ0n) is 20.6. The van der Waals surface area contributed by atoms with Gasteiger partial charge in [0.2, 0.25) is 15.6 Å². The van der Waals surface area contributed by atoms with Crippen LogP contribution < -0.4 is 21.7 Å². The minimum atomic E-state index is -4.06. The lowest BCUT2D eigenvalue weighted by molar-refractivity contribution is -0.140. The van der Waals surface area contributed by atoms with Gasteiger partial charge in [0.15, 0.2) is 0 Å². The number of amides is 1. The third kappa shape index (κ3) is 5.28. The molecular weight excluding hydrogens is 541 g/mol. The van der Waals surface area contributed by atoms with Gasteiger partial charge in [-0.3, -0.25) is 20.5 Å². The van der Waals surface area contributed by atoms with Gasteiger partial charge in [-0.2, -0.15) is 0 Å². The molecule has 3 aromatic carbocycles. The molecular formula is C25H22FN9O4S. The Morgan fingerprint density at radius 1 is 1.12 bits per heavy atom. The van der Waals surface area contributed by atoms with Gasteiger partial charge in [0.1, 0.15) is 18.0 Å². The largest absolute Gasteiger partial charge is 0.384 e. The van der Waals surface area contributed by atoms with E-state index in [-0.39, 0.29) is 34.1 Å². The third-order valence-corrected chi connectivity index (χ3v) is 7.07.